The van der Waals surface area contributed by atoms with Crippen molar-refractivity contribution >= 4 is 34.1 Å². The van der Waals surface area contributed by atoms with Gasteiger partial charge in [0.2, 0.25) is 0 Å². The number of H-pyrrole nitrogens is 1. The third-order valence-corrected chi connectivity index (χ3v) is 5.61. The van der Waals surface area contributed by atoms with Crippen molar-refractivity contribution in [3.05, 3.63) is 106 Å². The van der Waals surface area contributed by atoms with Crippen molar-refractivity contribution in [2.45, 2.75) is 20.3 Å². The number of rotatable bonds is 6. The van der Waals surface area contributed by atoms with E-state index in [1.54, 1.807) is 30.3 Å². The molecule has 0 bridgehead atoms. The maximum absolute atomic E-state index is 15.7. The third-order valence-electron chi connectivity index (χ3n) is 5.61. The minimum absolute atomic E-state index is 0.325. The monoisotopic (exact) mass is 444 g/mol. The van der Waals surface area contributed by atoms with Crippen LogP contribution in [0.2, 0.25) is 0 Å². The SMILES string of the molecule is CCC(=C(c1ccc(/C=C/C(=O)O)cc1)c1ccc2[nH]ncc2c1F)c1ccc(F)cc1C. The average molecular weight is 444 g/mol. The van der Waals surface area contributed by atoms with Gasteiger partial charge in [-0.1, -0.05) is 37.3 Å². The van der Waals surface area contributed by atoms with E-state index in [0.29, 0.717) is 34.0 Å². The molecule has 0 amide bonds. The van der Waals surface area contributed by atoms with Crippen molar-refractivity contribution in [2.24, 2.45) is 0 Å². The Kier molecular flexibility index (Phi) is 6.18. The molecule has 1 aromatic heterocycles. The molecule has 4 nitrogen and oxygen atoms in total. The number of aliphatic carboxylic acids is 1. The molecule has 2 N–H and O–H groups in total. The van der Waals surface area contributed by atoms with Crippen LogP contribution >= 0.6 is 0 Å². The molecule has 166 valence electrons. The summed E-state index contributed by atoms with van der Waals surface area (Å²) in [6.45, 7) is 3.82. The van der Waals surface area contributed by atoms with Crippen LogP contribution in [-0.2, 0) is 4.79 Å². The Hall–Kier alpha value is -4.06. The van der Waals surface area contributed by atoms with Crippen molar-refractivity contribution in [3.63, 3.8) is 0 Å². The lowest BCUT2D eigenvalue weighted by atomic mass is 9.86. The minimum Gasteiger partial charge on any atom is -0.478 e. The zero-order chi connectivity index (χ0) is 23.5. The maximum Gasteiger partial charge on any atom is 0.328 e. The van der Waals surface area contributed by atoms with Crippen LogP contribution < -0.4 is 0 Å². The van der Waals surface area contributed by atoms with Gasteiger partial charge < -0.3 is 5.11 Å². The first-order chi connectivity index (χ1) is 15.9. The van der Waals surface area contributed by atoms with E-state index in [-0.39, 0.29) is 5.82 Å². The summed E-state index contributed by atoms with van der Waals surface area (Å²) in [5.74, 6) is -1.75. The number of fused-ring (bicyclic) bond motifs is 1. The Bertz CT molecular complexity index is 1400. The summed E-state index contributed by atoms with van der Waals surface area (Å²) in [7, 11) is 0. The second kappa shape index (κ2) is 9.20. The number of hydrogen-bond donors (Lipinski definition) is 2. The highest BCUT2D eigenvalue weighted by Crippen LogP contribution is 2.38. The molecule has 0 unspecified atom stereocenters. The molecule has 0 aliphatic carbocycles. The van der Waals surface area contributed by atoms with Crippen molar-refractivity contribution in [1.29, 1.82) is 0 Å². The summed E-state index contributed by atoms with van der Waals surface area (Å²) in [5, 5.41) is 16.0. The van der Waals surface area contributed by atoms with E-state index < -0.39 is 11.8 Å². The van der Waals surface area contributed by atoms with Gasteiger partial charge in [-0.25, -0.2) is 13.6 Å². The maximum atomic E-state index is 15.7. The molecule has 4 aromatic rings. The number of benzene rings is 3. The number of carboxylic acids is 1. The number of hydrogen-bond acceptors (Lipinski definition) is 2. The van der Waals surface area contributed by atoms with Crippen molar-refractivity contribution in [3.8, 4) is 0 Å². The Morgan fingerprint density at radius 3 is 2.45 bits per heavy atom. The molecule has 0 aliphatic heterocycles. The second-order valence-electron chi connectivity index (χ2n) is 7.72. The fourth-order valence-corrected chi connectivity index (χ4v) is 4.06. The Morgan fingerprint density at radius 2 is 1.79 bits per heavy atom. The molecule has 0 fully saturated rings. The van der Waals surface area contributed by atoms with E-state index in [1.807, 2.05) is 26.0 Å². The van der Waals surface area contributed by atoms with Gasteiger partial charge in [0.15, 0.2) is 0 Å². The highest BCUT2D eigenvalue weighted by atomic mass is 19.1. The van der Waals surface area contributed by atoms with Crippen molar-refractivity contribution in [1.82, 2.24) is 10.2 Å². The number of carboxylic acid groups (broad SMARTS) is 1. The number of nitrogens with zero attached hydrogens (tertiary/aromatic N) is 1. The zero-order valence-corrected chi connectivity index (χ0v) is 18.2. The Labute approximate surface area is 189 Å². The fraction of sp³-hybridized carbons (Fsp3) is 0.111. The molecule has 33 heavy (non-hydrogen) atoms. The highest BCUT2D eigenvalue weighted by Gasteiger charge is 2.19. The fourth-order valence-electron chi connectivity index (χ4n) is 4.06. The zero-order valence-electron chi connectivity index (χ0n) is 18.2. The van der Waals surface area contributed by atoms with Crippen LogP contribution in [0.1, 0.15) is 41.2 Å². The normalized spacial score (nSPS) is 12.4. The third kappa shape index (κ3) is 4.46. The molecule has 0 atom stereocenters. The molecule has 1 heterocycles. The molecule has 0 radical (unpaired) electrons. The van der Waals surface area contributed by atoms with Gasteiger partial charge in [-0.3, -0.25) is 5.10 Å². The van der Waals surface area contributed by atoms with Crippen LogP contribution in [0.4, 0.5) is 8.78 Å². The van der Waals surface area contributed by atoms with Gasteiger partial charge in [0.05, 0.1) is 17.1 Å². The summed E-state index contributed by atoms with van der Waals surface area (Å²) in [6.07, 6.45) is 4.61. The smallest absolute Gasteiger partial charge is 0.328 e. The van der Waals surface area contributed by atoms with Gasteiger partial charge in [-0.2, -0.15) is 5.10 Å². The quantitative estimate of drug-likeness (QED) is 0.260. The number of carbonyl (C=O) groups is 1. The van der Waals surface area contributed by atoms with Crippen LogP contribution in [0.25, 0.3) is 28.1 Å². The summed E-state index contributed by atoms with van der Waals surface area (Å²) < 4.78 is 29.5. The van der Waals surface area contributed by atoms with E-state index in [4.69, 9.17) is 5.11 Å². The van der Waals surface area contributed by atoms with E-state index in [1.165, 1.54) is 24.4 Å². The molecule has 0 saturated carbocycles. The summed E-state index contributed by atoms with van der Waals surface area (Å²) >= 11 is 0. The largest absolute Gasteiger partial charge is 0.478 e. The van der Waals surface area contributed by atoms with Crippen LogP contribution in [0.5, 0.6) is 0 Å². The first kappa shape index (κ1) is 22.1. The second-order valence-corrected chi connectivity index (χ2v) is 7.72. The van der Waals surface area contributed by atoms with Gasteiger partial charge in [-0.05, 0) is 77.1 Å². The average Bonchev–Trinajstić information content (AvgIpc) is 3.28. The molecule has 0 spiro atoms. The van der Waals surface area contributed by atoms with Crippen LogP contribution in [0, 0.1) is 18.6 Å². The summed E-state index contributed by atoms with van der Waals surface area (Å²) in [6, 6.07) is 15.4. The summed E-state index contributed by atoms with van der Waals surface area (Å²) in [4.78, 5) is 10.8. The number of allylic oxidation sites excluding steroid dienone is 1. The lowest BCUT2D eigenvalue weighted by Gasteiger charge is -2.19. The molecule has 0 aliphatic rings. The Balaban J connectivity index is 1.98. The number of aromatic amines is 1. The highest BCUT2D eigenvalue weighted by molar-refractivity contribution is 6.01. The predicted molar refractivity (Wildman–Crippen MR) is 127 cm³/mol. The van der Waals surface area contributed by atoms with Gasteiger partial charge in [0.1, 0.15) is 11.6 Å². The Morgan fingerprint density at radius 1 is 1.06 bits per heavy atom. The van der Waals surface area contributed by atoms with Crippen LogP contribution in [0.15, 0.2) is 66.9 Å². The van der Waals surface area contributed by atoms with Gasteiger partial charge in [0, 0.05) is 11.6 Å². The number of halogens is 2. The van der Waals surface area contributed by atoms with Gasteiger partial charge in [-0.15, -0.1) is 0 Å². The van der Waals surface area contributed by atoms with E-state index >= 15 is 4.39 Å². The first-order valence-corrected chi connectivity index (χ1v) is 10.5. The minimum atomic E-state index is -1.03. The van der Waals surface area contributed by atoms with Crippen LogP contribution in [0.3, 0.4) is 0 Å². The summed E-state index contributed by atoms with van der Waals surface area (Å²) in [5.41, 5.74) is 5.67. The van der Waals surface area contributed by atoms with Crippen molar-refractivity contribution < 1.29 is 18.7 Å². The predicted octanol–water partition coefficient (Wildman–Crippen LogP) is 6.62. The molecule has 0 saturated heterocycles. The molecule has 3 aromatic carbocycles. The van der Waals surface area contributed by atoms with Crippen molar-refractivity contribution in [2.75, 3.05) is 0 Å². The lowest BCUT2D eigenvalue weighted by molar-refractivity contribution is -0.131. The van der Waals surface area contributed by atoms with E-state index in [2.05, 4.69) is 10.2 Å². The van der Waals surface area contributed by atoms with Crippen LogP contribution in [-0.4, -0.2) is 21.3 Å². The topological polar surface area (TPSA) is 66.0 Å². The van der Waals surface area contributed by atoms with E-state index in [0.717, 1.165) is 28.3 Å². The molecular formula is C27H22F2N2O2. The van der Waals surface area contributed by atoms with Gasteiger partial charge in [0.25, 0.3) is 0 Å². The van der Waals surface area contributed by atoms with Gasteiger partial charge >= 0.3 is 5.97 Å². The molecule has 6 heteroatoms. The molecular weight excluding hydrogens is 422 g/mol. The number of aromatic nitrogens is 2. The number of aryl methyl sites for hydroxylation is 1. The lowest BCUT2D eigenvalue weighted by Crippen LogP contribution is -2.00. The number of nitrogens with one attached hydrogen (secondary N) is 1. The first-order valence-electron chi connectivity index (χ1n) is 10.5. The van der Waals surface area contributed by atoms with E-state index in [9.17, 15) is 9.18 Å². The molecule has 4 rings (SSSR count). The standard InChI is InChI=1S/C27H22F2N2O2/c1-3-20(21-10-9-19(28)14-16(21)2)26(18-7-4-17(5-8-18)6-13-25(32)33)22-11-12-24-23(27(22)29)15-30-31-24/h4-15H,3H2,1-2H3,(H,30,31)(H,32,33)/b13-6+,26-20?.